The van der Waals surface area contributed by atoms with E-state index in [1.54, 1.807) is 11.3 Å². The van der Waals surface area contributed by atoms with Gasteiger partial charge in [0.2, 0.25) is 0 Å². The lowest BCUT2D eigenvalue weighted by Gasteiger charge is -2.11. The Morgan fingerprint density at radius 1 is 1.33 bits per heavy atom. The van der Waals surface area contributed by atoms with Crippen molar-refractivity contribution in [3.05, 3.63) is 62.5 Å². The molecule has 0 saturated heterocycles. The Morgan fingerprint density at radius 2 is 2.10 bits per heavy atom. The van der Waals surface area contributed by atoms with Gasteiger partial charge in [-0.05, 0) is 37.1 Å². The van der Waals surface area contributed by atoms with E-state index in [4.69, 9.17) is 0 Å². The van der Waals surface area contributed by atoms with E-state index >= 15 is 0 Å². The maximum atomic E-state index is 12.3. The Balaban J connectivity index is 2.09. The third-order valence-corrected chi connectivity index (χ3v) is 5.12. The van der Waals surface area contributed by atoms with E-state index in [0.29, 0.717) is 0 Å². The Morgan fingerprint density at radius 3 is 2.81 bits per heavy atom. The summed E-state index contributed by atoms with van der Waals surface area (Å²) in [6, 6.07) is 10.1. The predicted octanol–water partition coefficient (Wildman–Crippen LogP) is 4.01. The molecular formula is C17H18N2OS. The molecule has 0 spiro atoms. The van der Waals surface area contributed by atoms with Crippen molar-refractivity contribution in [1.29, 1.82) is 0 Å². The minimum Gasteiger partial charge on any atom is -0.326 e. The number of aromatic nitrogens is 2. The van der Waals surface area contributed by atoms with E-state index in [2.05, 4.69) is 29.9 Å². The van der Waals surface area contributed by atoms with Crippen LogP contribution in [0.5, 0.6) is 0 Å². The molecule has 108 valence electrons. The van der Waals surface area contributed by atoms with Gasteiger partial charge in [-0.1, -0.05) is 26.0 Å². The van der Waals surface area contributed by atoms with Crippen LogP contribution in [0.4, 0.5) is 0 Å². The summed E-state index contributed by atoms with van der Waals surface area (Å²) in [6.07, 6.45) is 0.919. The van der Waals surface area contributed by atoms with Gasteiger partial charge in [0.05, 0.1) is 10.2 Å². The number of pyridine rings is 1. The molecule has 21 heavy (non-hydrogen) atoms. The van der Waals surface area contributed by atoms with E-state index in [0.717, 1.165) is 28.2 Å². The van der Waals surface area contributed by atoms with Crippen molar-refractivity contribution >= 4 is 21.6 Å². The lowest BCUT2D eigenvalue weighted by Crippen LogP contribution is -2.18. The number of hydrogen-bond donors (Lipinski definition) is 1. The zero-order valence-corrected chi connectivity index (χ0v) is 13.3. The molecule has 3 nitrogen and oxygen atoms in total. The molecule has 2 aromatic heterocycles. The molecule has 0 aliphatic heterocycles. The maximum absolute atomic E-state index is 12.3. The fourth-order valence-corrected chi connectivity index (χ4v) is 3.62. The number of nitrogens with zero attached hydrogens (tertiary/aromatic N) is 1. The smallest absolute Gasteiger partial charge is 0.252 e. The van der Waals surface area contributed by atoms with Gasteiger partial charge in [-0.25, -0.2) is 4.98 Å². The molecule has 0 fully saturated rings. The molecule has 0 aliphatic rings. The van der Waals surface area contributed by atoms with Crippen LogP contribution in [0.3, 0.4) is 0 Å². The summed E-state index contributed by atoms with van der Waals surface area (Å²) in [4.78, 5) is 19.9. The van der Waals surface area contributed by atoms with Crippen molar-refractivity contribution in [2.24, 2.45) is 0 Å². The predicted molar refractivity (Wildman–Crippen MR) is 88.3 cm³/mol. The first-order chi connectivity index (χ1) is 10.1. The molecule has 0 aliphatic carbocycles. The number of hydrogen-bond acceptors (Lipinski definition) is 3. The molecule has 0 saturated carbocycles. The van der Waals surface area contributed by atoms with Crippen LogP contribution in [0.25, 0.3) is 10.2 Å². The monoisotopic (exact) mass is 298 g/mol. The highest BCUT2D eigenvalue weighted by Gasteiger charge is 2.17. The van der Waals surface area contributed by atoms with Gasteiger partial charge >= 0.3 is 0 Å². The normalized spacial score (nSPS) is 12.7. The molecule has 4 heteroatoms. The molecule has 0 bridgehead atoms. The van der Waals surface area contributed by atoms with Crippen LogP contribution >= 0.6 is 11.3 Å². The van der Waals surface area contributed by atoms with E-state index in [1.165, 1.54) is 10.3 Å². The number of benzene rings is 1. The first kappa shape index (κ1) is 14.0. The standard InChI is InChI=1S/C17H18N2OS/c1-4-12-9-13(16(20)18-11(12)3)10(2)17-19-14-7-5-6-8-15(14)21-17/h5-10H,4H2,1-3H3,(H,18,20). The van der Waals surface area contributed by atoms with Gasteiger partial charge in [-0.3, -0.25) is 4.79 Å². The summed E-state index contributed by atoms with van der Waals surface area (Å²) in [5.41, 5.74) is 3.96. The summed E-state index contributed by atoms with van der Waals surface area (Å²) in [6.45, 7) is 6.11. The highest BCUT2D eigenvalue weighted by Crippen LogP contribution is 2.30. The Bertz CT molecular complexity index is 814. The molecule has 1 N–H and O–H groups in total. The molecule has 3 rings (SSSR count). The number of H-pyrrole nitrogens is 1. The van der Waals surface area contributed by atoms with Gasteiger partial charge in [0, 0.05) is 17.2 Å². The largest absolute Gasteiger partial charge is 0.326 e. The molecule has 0 amide bonds. The van der Waals surface area contributed by atoms with Crippen LogP contribution in [0.2, 0.25) is 0 Å². The lowest BCUT2D eigenvalue weighted by atomic mass is 10.00. The van der Waals surface area contributed by atoms with Crippen LogP contribution in [0.15, 0.2) is 35.1 Å². The number of para-hydroxylation sites is 1. The van der Waals surface area contributed by atoms with Gasteiger partial charge in [-0.15, -0.1) is 11.3 Å². The summed E-state index contributed by atoms with van der Waals surface area (Å²) in [5, 5.41) is 0.993. The van der Waals surface area contributed by atoms with Gasteiger partial charge in [0.15, 0.2) is 0 Å². The zero-order chi connectivity index (χ0) is 15.0. The fourth-order valence-electron chi connectivity index (χ4n) is 2.58. The lowest BCUT2D eigenvalue weighted by molar-refractivity contribution is 0.866. The first-order valence-electron chi connectivity index (χ1n) is 7.18. The van der Waals surface area contributed by atoms with E-state index in [9.17, 15) is 4.79 Å². The van der Waals surface area contributed by atoms with Crippen LogP contribution in [0, 0.1) is 6.92 Å². The third kappa shape index (κ3) is 2.51. The number of aromatic amines is 1. The van der Waals surface area contributed by atoms with E-state index < -0.39 is 0 Å². The second-order valence-corrected chi connectivity index (χ2v) is 6.36. The van der Waals surface area contributed by atoms with Crippen molar-refractivity contribution in [3.8, 4) is 0 Å². The number of aryl methyl sites for hydroxylation is 2. The summed E-state index contributed by atoms with van der Waals surface area (Å²) >= 11 is 1.66. The third-order valence-electron chi connectivity index (χ3n) is 3.90. The van der Waals surface area contributed by atoms with E-state index in [-0.39, 0.29) is 11.5 Å². The Hall–Kier alpha value is -1.94. The number of rotatable bonds is 3. The van der Waals surface area contributed by atoms with Gasteiger partial charge < -0.3 is 4.98 Å². The van der Waals surface area contributed by atoms with Crippen molar-refractivity contribution < 1.29 is 0 Å². The Labute approximate surface area is 127 Å². The summed E-state index contributed by atoms with van der Waals surface area (Å²) in [7, 11) is 0. The maximum Gasteiger partial charge on any atom is 0.252 e. The van der Waals surface area contributed by atoms with Crippen molar-refractivity contribution in [2.75, 3.05) is 0 Å². The zero-order valence-electron chi connectivity index (χ0n) is 12.4. The molecule has 3 aromatic rings. The summed E-state index contributed by atoms with van der Waals surface area (Å²) in [5.74, 6) is 0.0112. The quantitative estimate of drug-likeness (QED) is 0.794. The van der Waals surface area contributed by atoms with Gasteiger partial charge in [-0.2, -0.15) is 0 Å². The SMILES string of the molecule is CCc1cc(C(C)c2nc3ccccc3s2)c(=O)[nH]c1C. The average Bonchev–Trinajstić information content (AvgIpc) is 2.90. The van der Waals surface area contributed by atoms with Gasteiger partial charge in [0.1, 0.15) is 5.01 Å². The first-order valence-corrected chi connectivity index (χ1v) is 8.00. The fraction of sp³-hybridized carbons (Fsp3) is 0.294. The number of thiazole rings is 1. The van der Waals surface area contributed by atoms with Crippen LogP contribution in [-0.2, 0) is 6.42 Å². The molecule has 2 heterocycles. The number of fused-ring (bicyclic) bond motifs is 1. The minimum atomic E-state index is -0.00328. The summed E-state index contributed by atoms with van der Waals surface area (Å²) < 4.78 is 1.17. The molecule has 1 aromatic carbocycles. The van der Waals surface area contributed by atoms with Gasteiger partial charge in [0.25, 0.3) is 5.56 Å². The molecular weight excluding hydrogens is 280 g/mol. The average molecular weight is 298 g/mol. The topological polar surface area (TPSA) is 45.8 Å². The van der Waals surface area contributed by atoms with Crippen molar-refractivity contribution in [3.63, 3.8) is 0 Å². The second-order valence-electron chi connectivity index (χ2n) is 5.30. The highest BCUT2D eigenvalue weighted by molar-refractivity contribution is 7.18. The minimum absolute atomic E-state index is 0.00328. The van der Waals surface area contributed by atoms with Crippen molar-refractivity contribution in [2.45, 2.75) is 33.1 Å². The second kappa shape index (κ2) is 5.45. The molecule has 1 atom stereocenters. The van der Waals surface area contributed by atoms with Crippen LogP contribution in [0.1, 0.15) is 41.6 Å². The van der Waals surface area contributed by atoms with Crippen LogP contribution < -0.4 is 5.56 Å². The van der Waals surface area contributed by atoms with Crippen molar-refractivity contribution in [1.82, 2.24) is 9.97 Å². The van der Waals surface area contributed by atoms with Crippen LogP contribution in [-0.4, -0.2) is 9.97 Å². The molecule has 0 radical (unpaired) electrons. The van der Waals surface area contributed by atoms with E-state index in [1.807, 2.05) is 31.2 Å². The number of nitrogens with one attached hydrogen (secondary N) is 1. The molecule has 1 unspecified atom stereocenters. The highest BCUT2D eigenvalue weighted by atomic mass is 32.1. The Kier molecular flexibility index (Phi) is 3.64.